The van der Waals surface area contributed by atoms with Crippen LogP contribution in [-0.2, 0) is 9.59 Å². The highest BCUT2D eigenvalue weighted by Gasteiger charge is 2.47. The number of rotatable bonds is 3. The Morgan fingerprint density at radius 1 is 0.879 bits per heavy atom. The summed E-state index contributed by atoms with van der Waals surface area (Å²) in [4.78, 5) is 27.7. The highest BCUT2D eigenvalue weighted by atomic mass is 35.5. The number of ketones is 1. The lowest BCUT2D eigenvalue weighted by Gasteiger charge is -2.25. The summed E-state index contributed by atoms with van der Waals surface area (Å²) in [6.45, 7) is 0.0650. The molecule has 0 bridgehead atoms. The minimum atomic E-state index is -0.919. The normalized spacial score (nSPS) is 18.8. The Kier molecular flexibility index (Phi) is 5.44. The smallest absolute Gasteiger partial charge is 0.300 e. The van der Waals surface area contributed by atoms with Crippen molar-refractivity contribution < 1.29 is 24.2 Å². The number of fused-ring (bicyclic) bond motifs is 1. The molecule has 0 aliphatic carbocycles. The number of nitrogens with zero attached hydrogens (tertiary/aromatic N) is 1. The molecule has 6 nitrogen and oxygen atoms in total. The second-order valence-corrected chi connectivity index (χ2v) is 8.64. The van der Waals surface area contributed by atoms with E-state index in [1.807, 2.05) is 0 Å². The number of hydrogen-bond donors (Lipinski definition) is 1. The van der Waals surface area contributed by atoms with Crippen LogP contribution in [0.25, 0.3) is 5.76 Å². The summed E-state index contributed by atoms with van der Waals surface area (Å²) in [7, 11) is 0. The van der Waals surface area contributed by atoms with Gasteiger partial charge in [-0.3, -0.25) is 14.5 Å². The van der Waals surface area contributed by atoms with Crippen LogP contribution in [0.1, 0.15) is 17.2 Å². The van der Waals surface area contributed by atoms with Gasteiger partial charge in [0, 0.05) is 22.3 Å². The first-order valence-corrected chi connectivity index (χ1v) is 10.9. The van der Waals surface area contributed by atoms with Crippen molar-refractivity contribution in [2.45, 2.75) is 6.04 Å². The maximum absolute atomic E-state index is 13.2. The molecule has 1 saturated heterocycles. The predicted octanol–water partition coefficient (Wildman–Crippen LogP) is 6.00. The van der Waals surface area contributed by atoms with Crippen molar-refractivity contribution in [3.8, 4) is 11.5 Å². The summed E-state index contributed by atoms with van der Waals surface area (Å²) in [6, 6.07) is 15.2. The fourth-order valence-corrected chi connectivity index (χ4v) is 4.32. The molecule has 0 spiro atoms. The summed E-state index contributed by atoms with van der Waals surface area (Å²) in [6.07, 6.45) is 0. The van der Waals surface area contributed by atoms with E-state index in [-0.39, 0.29) is 28.7 Å². The molecule has 2 aliphatic rings. The molecule has 1 N–H and O–H groups in total. The lowest BCUT2D eigenvalue weighted by atomic mass is 9.95. The molecule has 0 saturated carbocycles. The molecule has 0 radical (unpaired) electrons. The Hall–Kier alpha value is -3.19. The highest BCUT2D eigenvalue weighted by molar-refractivity contribution is 6.52. The minimum absolute atomic E-state index is 0.0650. The van der Waals surface area contributed by atoms with Gasteiger partial charge in [-0.1, -0.05) is 46.9 Å². The molecular weight excluding hydrogens is 489 g/mol. The molecule has 1 amide bonds. The van der Waals surface area contributed by atoms with E-state index in [9.17, 15) is 14.7 Å². The average molecular weight is 503 g/mol. The summed E-state index contributed by atoms with van der Waals surface area (Å²) >= 11 is 18.2. The fourth-order valence-electron chi connectivity index (χ4n) is 3.89. The molecule has 3 aromatic rings. The van der Waals surface area contributed by atoms with Crippen LogP contribution in [0.3, 0.4) is 0 Å². The Morgan fingerprint density at radius 3 is 2.33 bits per heavy atom. The Balaban J connectivity index is 1.71. The van der Waals surface area contributed by atoms with Gasteiger partial charge in [0.05, 0.1) is 21.7 Å². The van der Waals surface area contributed by atoms with Gasteiger partial charge >= 0.3 is 0 Å². The van der Waals surface area contributed by atoms with Crippen molar-refractivity contribution in [1.29, 1.82) is 0 Å². The van der Waals surface area contributed by atoms with Crippen LogP contribution in [0, 0.1) is 0 Å². The Bertz CT molecular complexity index is 1340. The third-order valence-corrected chi connectivity index (χ3v) is 6.45. The average Bonchev–Trinajstić information content (AvgIpc) is 3.38. The van der Waals surface area contributed by atoms with Crippen molar-refractivity contribution in [3.05, 3.63) is 92.4 Å². The largest absolute Gasteiger partial charge is 0.507 e. The van der Waals surface area contributed by atoms with Gasteiger partial charge in [-0.25, -0.2) is 0 Å². The Labute approximate surface area is 203 Å². The number of carbonyl (C=O) groups is 2. The van der Waals surface area contributed by atoms with Gasteiger partial charge in [-0.05, 0) is 48.0 Å². The molecule has 5 rings (SSSR count). The molecule has 2 heterocycles. The molecule has 33 heavy (non-hydrogen) atoms. The second-order valence-electron chi connectivity index (χ2n) is 7.39. The van der Waals surface area contributed by atoms with E-state index in [2.05, 4.69) is 0 Å². The van der Waals surface area contributed by atoms with E-state index in [1.165, 1.54) is 23.1 Å². The number of aliphatic hydroxyl groups is 1. The molecule has 9 heteroatoms. The van der Waals surface area contributed by atoms with Crippen LogP contribution in [-0.4, -0.2) is 23.6 Å². The topological polar surface area (TPSA) is 76.1 Å². The van der Waals surface area contributed by atoms with Crippen molar-refractivity contribution in [1.82, 2.24) is 0 Å². The molecule has 0 aromatic heterocycles. The number of amides is 1. The van der Waals surface area contributed by atoms with E-state index >= 15 is 0 Å². The van der Waals surface area contributed by atoms with Crippen LogP contribution in [0.4, 0.5) is 5.69 Å². The standard InChI is InChI=1S/C24H14Cl3NO5/c25-14-4-1-12(2-5-14)21-20(22(29)13-3-7-16(26)17(27)9-13)23(30)24(31)28(21)15-6-8-18-19(10-15)33-11-32-18/h1-10,21,29H,11H2/b22-20+. The van der Waals surface area contributed by atoms with E-state index in [0.717, 1.165) is 0 Å². The number of Topliss-reactive ketones (excluding diaryl/α,β-unsaturated/α-hetero) is 1. The first-order chi connectivity index (χ1) is 15.8. The number of benzene rings is 3. The molecule has 1 fully saturated rings. The van der Waals surface area contributed by atoms with Gasteiger partial charge in [0.2, 0.25) is 6.79 Å². The van der Waals surface area contributed by atoms with Crippen LogP contribution in [0.2, 0.25) is 15.1 Å². The van der Waals surface area contributed by atoms with E-state index < -0.39 is 17.7 Å². The number of aliphatic hydroxyl groups excluding tert-OH is 1. The molecule has 1 atom stereocenters. The van der Waals surface area contributed by atoms with Crippen LogP contribution in [0.15, 0.2) is 66.2 Å². The Morgan fingerprint density at radius 2 is 1.61 bits per heavy atom. The van der Waals surface area contributed by atoms with Gasteiger partial charge in [0.15, 0.2) is 11.5 Å². The second kappa shape index (κ2) is 8.30. The third-order valence-electron chi connectivity index (χ3n) is 5.46. The summed E-state index contributed by atoms with van der Waals surface area (Å²) < 4.78 is 10.8. The van der Waals surface area contributed by atoms with Crippen LogP contribution in [0.5, 0.6) is 11.5 Å². The van der Waals surface area contributed by atoms with E-state index in [1.54, 1.807) is 42.5 Å². The molecule has 166 valence electrons. The maximum Gasteiger partial charge on any atom is 0.300 e. The maximum atomic E-state index is 13.2. The number of carbonyl (C=O) groups excluding carboxylic acids is 2. The lowest BCUT2D eigenvalue weighted by molar-refractivity contribution is -0.132. The number of ether oxygens (including phenoxy) is 2. The minimum Gasteiger partial charge on any atom is -0.507 e. The summed E-state index contributed by atoms with van der Waals surface area (Å²) in [5.41, 5.74) is 1.16. The van der Waals surface area contributed by atoms with E-state index in [4.69, 9.17) is 44.3 Å². The number of hydrogen-bond acceptors (Lipinski definition) is 5. The van der Waals surface area contributed by atoms with Crippen molar-refractivity contribution >= 4 is 57.9 Å². The molecule has 2 aliphatic heterocycles. The van der Waals surface area contributed by atoms with Crippen LogP contribution < -0.4 is 14.4 Å². The zero-order valence-electron chi connectivity index (χ0n) is 16.7. The fraction of sp³-hybridized carbons (Fsp3) is 0.0833. The number of anilines is 1. The predicted molar refractivity (Wildman–Crippen MR) is 125 cm³/mol. The van der Waals surface area contributed by atoms with Gasteiger partial charge < -0.3 is 14.6 Å². The molecule has 3 aromatic carbocycles. The number of halogens is 3. The van der Waals surface area contributed by atoms with Gasteiger partial charge in [0.25, 0.3) is 11.7 Å². The van der Waals surface area contributed by atoms with Gasteiger partial charge in [-0.2, -0.15) is 0 Å². The molecular formula is C24H14Cl3NO5. The van der Waals surface area contributed by atoms with Crippen molar-refractivity contribution in [3.63, 3.8) is 0 Å². The summed E-state index contributed by atoms with van der Waals surface area (Å²) in [5.74, 6) is -1.01. The zero-order chi connectivity index (χ0) is 23.3. The van der Waals surface area contributed by atoms with Crippen LogP contribution >= 0.6 is 34.8 Å². The highest BCUT2D eigenvalue weighted by Crippen LogP contribution is 2.45. The first-order valence-electron chi connectivity index (χ1n) is 9.76. The first kappa shape index (κ1) is 21.6. The zero-order valence-corrected chi connectivity index (χ0v) is 19.0. The van der Waals surface area contributed by atoms with E-state index in [0.29, 0.717) is 32.8 Å². The SMILES string of the molecule is O=C1C(=O)N(c2ccc3c(c2)OCO3)C(c2ccc(Cl)cc2)/C1=C(\O)c1ccc(Cl)c(Cl)c1. The third kappa shape index (κ3) is 3.70. The quantitative estimate of drug-likeness (QED) is 0.270. The van der Waals surface area contributed by atoms with Gasteiger partial charge in [0.1, 0.15) is 5.76 Å². The summed E-state index contributed by atoms with van der Waals surface area (Å²) in [5, 5.41) is 12.1. The van der Waals surface area contributed by atoms with Crippen molar-refractivity contribution in [2.24, 2.45) is 0 Å². The lowest BCUT2D eigenvalue weighted by Crippen LogP contribution is -2.29. The van der Waals surface area contributed by atoms with Gasteiger partial charge in [-0.15, -0.1) is 0 Å². The monoisotopic (exact) mass is 501 g/mol. The molecule has 1 unspecified atom stereocenters. The van der Waals surface area contributed by atoms with Crippen molar-refractivity contribution in [2.75, 3.05) is 11.7 Å².